The lowest BCUT2D eigenvalue weighted by atomic mass is 10.1. The molecule has 2 aromatic rings. The number of sulfonamides is 1. The highest BCUT2D eigenvalue weighted by atomic mass is 32.2. The Balaban J connectivity index is 1.83. The quantitative estimate of drug-likeness (QED) is 0.237. The SMILES string of the molecule is CCOC(=O)c1ccc(COC(=O)CNC(=O)CNS(=O)(=O)c2ccc(OC)cc2[N+](=O)[O-])cc1. The van der Waals surface area contributed by atoms with Crippen LogP contribution in [0.15, 0.2) is 47.4 Å². The first-order valence-electron chi connectivity index (χ1n) is 10.1. The van der Waals surface area contributed by atoms with Gasteiger partial charge in [-0.05, 0) is 36.8 Å². The first-order chi connectivity index (χ1) is 16.6. The van der Waals surface area contributed by atoms with Gasteiger partial charge in [-0.3, -0.25) is 19.7 Å². The lowest BCUT2D eigenvalue weighted by Crippen LogP contribution is -2.39. The molecule has 1 amide bonds. The van der Waals surface area contributed by atoms with Crippen LogP contribution < -0.4 is 14.8 Å². The van der Waals surface area contributed by atoms with Crippen LogP contribution in [-0.2, 0) is 35.7 Å². The normalized spacial score (nSPS) is 10.8. The van der Waals surface area contributed by atoms with E-state index in [9.17, 15) is 32.9 Å². The Kier molecular flexibility index (Phi) is 9.66. The molecule has 0 aliphatic carbocycles. The second-order valence-corrected chi connectivity index (χ2v) is 8.51. The standard InChI is InChI=1S/C21H23N3O10S/c1-3-33-21(27)15-6-4-14(5-7-15)13-34-20(26)12-22-19(25)11-23-35(30,31)18-9-8-16(32-2)10-17(18)24(28)29/h4-10,23H,3,11-13H2,1-2H3,(H,22,25). The van der Waals surface area contributed by atoms with Crippen LogP contribution in [0.25, 0.3) is 0 Å². The van der Waals surface area contributed by atoms with E-state index in [4.69, 9.17) is 14.2 Å². The number of amides is 1. The third-order valence-corrected chi connectivity index (χ3v) is 5.82. The summed E-state index contributed by atoms with van der Waals surface area (Å²) in [7, 11) is -3.14. The Hall–Kier alpha value is -4.04. The molecule has 0 fully saturated rings. The number of carbonyl (C=O) groups excluding carboxylic acids is 3. The predicted octanol–water partition coefficient (Wildman–Crippen LogP) is 0.918. The van der Waals surface area contributed by atoms with Crippen LogP contribution in [0.1, 0.15) is 22.8 Å². The molecule has 0 aliphatic rings. The van der Waals surface area contributed by atoms with Crippen LogP contribution >= 0.6 is 0 Å². The van der Waals surface area contributed by atoms with Crippen LogP contribution in [0.3, 0.4) is 0 Å². The summed E-state index contributed by atoms with van der Waals surface area (Å²) in [6, 6.07) is 9.33. The number of benzene rings is 2. The molecule has 2 rings (SSSR count). The largest absolute Gasteiger partial charge is 0.497 e. The molecule has 0 bridgehead atoms. The third-order valence-electron chi connectivity index (χ3n) is 4.37. The first kappa shape index (κ1) is 27.2. The van der Waals surface area contributed by atoms with Crippen molar-refractivity contribution in [3.8, 4) is 5.75 Å². The summed E-state index contributed by atoms with van der Waals surface area (Å²) < 4.78 is 41.5. The van der Waals surface area contributed by atoms with Gasteiger partial charge in [0.2, 0.25) is 15.9 Å². The maximum Gasteiger partial charge on any atom is 0.338 e. The fourth-order valence-electron chi connectivity index (χ4n) is 2.63. The number of rotatable bonds is 12. The lowest BCUT2D eigenvalue weighted by molar-refractivity contribution is -0.387. The fraction of sp³-hybridized carbons (Fsp3) is 0.286. The van der Waals surface area contributed by atoms with E-state index in [0.717, 1.165) is 12.1 Å². The lowest BCUT2D eigenvalue weighted by Gasteiger charge is -2.09. The molecule has 0 saturated carbocycles. The molecule has 0 radical (unpaired) electrons. The average molecular weight is 509 g/mol. The fourth-order valence-corrected chi connectivity index (χ4v) is 3.76. The molecule has 2 aromatic carbocycles. The van der Waals surface area contributed by atoms with Gasteiger partial charge in [0.15, 0.2) is 4.90 Å². The molecule has 188 valence electrons. The van der Waals surface area contributed by atoms with Gasteiger partial charge in [0.1, 0.15) is 18.9 Å². The van der Waals surface area contributed by atoms with E-state index in [2.05, 4.69) is 5.32 Å². The average Bonchev–Trinajstić information content (AvgIpc) is 2.85. The molecule has 0 spiro atoms. The van der Waals surface area contributed by atoms with E-state index < -0.39 is 56.5 Å². The van der Waals surface area contributed by atoms with Crippen LogP contribution in [0.4, 0.5) is 5.69 Å². The van der Waals surface area contributed by atoms with Gasteiger partial charge < -0.3 is 19.5 Å². The molecule has 2 N–H and O–H groups in total. The van der Waals surface area contributed by atoms with Crippen molar-refractivity contribution < 1.29 is 41.9 Å². The smallest absolute Gasteiger partial charge is 0.338 e. The van der Waals surface area contributed by atoms with E-state index in [1.807, 2.05) is 4.72 Å². The molecule has 0 unspecified atom stereocenters. The van der Waals surface area contributed by atoms with Crippen LogP contribution in [-0.4, -0.2) is 58.0 Å². The number of ether oxygens (including phenoxy) is 3. The highest BCUT2D eigenvalue weighted by Crippen LogP contribution is 2.28. The Labute approximate surface area is 200 Å². The van der Waals surface area contributed by atoms with Gasteiger partial charge in [0, 0.05) is 0 Å². The molecular formula is C21H23N3O10S. The molecule has 14 heteroatoms. The van der Waals surface area contributed by atoms with Gasteiger partial charge in [0.25, 0.3) is 5.69 Å². The molecule has 0 atom stereocenters. The minimum absolute atomic E-state index is 0.0850. The van der Waals surface area contributed by atoms with Gasteiger partial charge in [0.05, 0.1) is 36.8 Å². The number of nitro groups is 1. The van der Waals surface area contributed by atoms with Crippen molar-refractivity contribution in [1.29, 1.82) is 0 Å². The zero-order valence-electron chi connectivity index (χ0n) is 18.8. The maximum absolute atomic E-state index is 12.4. The van der Waals surface area contributed by atoms with E-state index in [1.165, 1.54) is 25.3 Å². The number of hydrogen-bond donors (Lipinski definition) is 2. The predicted molar refractivity (Wildman–Crippen MR) is 120 cm³/mol. The summed E-state index contributed by atoms with van der Waals surface area (Å²) in [5.41, 5.74) is 0.208. The molecule has 0 aliphatic heterocycles. The van der Waals surface area contributed by atoms with Crippen molar-refractivity contribution >= 4 is 33.6 Å². The zero-order chi connectivity index (χ0) is 26.0. The number of hydrogen-bond acceptors (Lipinski definition) is 10. The van der Waals surface area contributed by atoms with Crippen molar-refractivity contribution in [2.75, 3.05) is 26.8 Å². The number of carbonyl (C=O) groups is 3. The number of nitro benzene ring substituents is 1. The summed E-state index contributed by atoms with van der Waals surface area (Å²) >= 11 is 0. The van der Waals surface area contributed by atoms with Crippen molar-refractivity contribution in [2.45, 2.75) is 18.4 Å². The number of nitrogens with zero attached hydrogens (tertiary/aromatic N) is 1. The highest BCUT2D eigenvalue weighted by Gasteiger charge is 2.27. The summed E-state index contributed by atoms with van der Waals surface area (Å²) in [5.74, 6) is -2.04. The van der Waals surface area contributed by atoms with Crippen LogP contribution in [0, 0.1) is 10.1 Å². The summed E-state index contributed by atoms with van der Waals surface area (Å²) in [5, 5.41) is 13.4. The van der Waals surface area contributed by atoms with E-state index in [-0.39, 0.29) is 19.0 Å². The van der Waals surface area contributed by atoms with Gasteiger partial charge in [-0.2, -0.15) is 0 Å². The molecule has 0 heterocycles. The van der Waals surface area contributed by atoms with Crippen molar-refractivity contribution in [1.82, 2.24) is 10.0 Å². The molecule has 0 saturated heterocycles. The Morgan fingerprint density at radius 3 is 2.31 bits per heavy atom. The Morgan fingerprint density at radius 1 is 1.03 bits per heavy atom. The molecule has 35 heavy (non-hydrogen) atoms. The van der Waals surface area contributed by atoms with Gasteiger partial charge in [-0.1, -0.05) is 12.1 Å². The topological polar surface area (TPSA) is 180 Å². The van der Waals surface area contributed by atoms with Crippen molar-refractivity contribution in [3.05, 3.63) is 63.7 Å². The zero-order valence-corrected chi connectivity index (χ0v) is 19.6. The number of esters is 2. The monoisotopic (exact) mass is 509 g/mol. The second-order valence-electron chi connectivity index (χ2n) is 6.77. The summed E-state index contributed by atoms with van der Waals surface area (Å²) in [6.45, 7) is 0.503. The van der Waals surface area contributed by atoms with Gasteiger partial charge >= 0.3 is 11.9 Å². The molecule has 13 nitrogen and oxygen atoms in total. The maximum atomic E-state index is 12.4. The van der Waals surface area contributed by atoms with Crippen molar-refractivity contribution in [3.63, 3.8) is 0 Å². The second kappa shape index (κ2) is 12.4. The number of methoxy groups -OCH3 is 1. The van der Waals surface area contributed by atoms with Crippen molar-refractivity contribution in [2.24, 2.45) is 0 Å². The Bertz CT molecular complexity index is 1200. The first-order valence-corrected chi connectivity index (χ1v) is 11.6. The molecular weight excluding hydrogens is 486 g/mol. The van der Waals surface area contributed by atoms with Gasteiger partial charge in [-0.25, -0.2) is 17.9 Å². The summed E-state index contributed by atoms with van der Waals surface area (Å²) in [6.07, 6.45) is 0. The minimum Gasteiger partial charge on any atom is -0.497 e. The van der Waals surface area contributed by atoms with E-state index >= 15 is 0 Å². The Morgan fingerprint density at radius 2 is 1.71 bits per heavy atom. The van der Waals surface area contributed by atoms with Gasteiger partial charge in [-0.15, -0.1) is 0 Å². The van der Waals surface area contributed by atoms with Crippen LogP contribution in [0.2, 0.25) is 0 Å². The summed E-state index contributed by atoms with van der Waals surface area (Å²) in [4.78, 5) is 45.0. The van der Waals surface area contributed by atoms with E-state index in [0.29, 0.717) is 11.1 Å². The highest BCUT2D eigenvalue weighted by molar-refractivity contribution is 7.89. The third kappa shape index (κ3) is 8.04. The minimum atomic E-state index is -4.41. The van der Waals surface area contributed by atoms with E-state index in [1.54, 1.807) is 19.1 Å². The molecule has 0 aromatic heterocycles. The van der Waals surface area contributed by atoms with Crippen LogP contribution in [0.5, 0.6) is 5.75 Å². The number of nitrogens with one attached hydrogen (secondary N) is 2.